The van der Waals surface area contributed by atoms with Gasteiger partial charge < -0.3 is 15.8 Å². The topological polar surface area (TPSA) is 76.7 Å². The Balaban J connectivity index is 3.81. The lowest BCUT2D eigenvalue weighted by molar-refractivity contribution is -0.144. The highest BCUT2D eigenvalue weighted by Crippen LogP contribution is 1.98. The predicted octanol–water partition coefficient (Wildman–Crippen LogP) is 0.746. The van der Waals surface area contributed by atoms with E-state index in [1.165, 1.54) is 7.11 Å². The van der Waals surface area contributed by atoms with E-state index in [9.17, 15) is 4.79 Å². The molecule has 0 aromatic rings. The molecule has 5 nitrogen and oxygen atoms in total. The molecule has 0 saturated heterocycles. The molecule has 0 heterocycles. The summed E-state index contributed by atoms with van der Waals surface area (Å²) in [6.45, 7) is 7.21. The second-order valence-electron chi connectivity index (χ2n) is 4.26. The maximum Gasteiger partial charge on any atom is 0.310 e. The SMILES string of the molecule is COC(=O)C(C)CN=C(N)NCCC(C)C. The highest BCUT2D eigenvalue weighted by molar-refractivity contribution is 5.78. The molecule has 94 valence electrons. The second-order valence-corrected chi connectivity index (χ2v) is 4.26. The molecule has 0 aliphatic carbocycles. The van der Waals surface area contributed by atoms with Crippen LogP contribution in [-0.2, 0) is 9.53 Å². The van der Waals surface area contributed by atoms with Crippen molar-refractivity contribution in [2.45, 2.75) is 27.2 Å². The van der Waals surface area contributed by atoms with E-state index < -0.39 is 0 Å². The average molecular weight is 229 g/mol. The van der Waals surface area contributed by atoms with E-state index >= 15 is 0 Å². The number of ether oxygens (including phenoxy) is 1. The molecular weight excluding hydrogens is 206 g/mol. The summed E-state index contributed by atoms with van der Waals surface area (Å²) >= 11 is 0. The fraction of sp³-hybridized carbons (Fsp3) is 0.818. The monoisotopic (exact) mass is 229 g/mol. The van der Waals surface area contributed by atoms with Crippen molar-refractivity contribution >= 4 is 11.9 Å². The molecule has 0 spiro atoms. The quantitative estimate of drug-likeness (QED) is 0.400. The van der Waals surface area contributed by atoms with Gasteiger partial charge in [0.1, 0.15) is 0 Å². The van der Waals surface area contributed by atoms with Gasteiger partial charge in [0.2, 0.25) is 0 Å². The van der Waals surface area contributed by atoms with Gasteiger partial charge in [-0.05, 0) is 12.3 Å². The van der Waals surface area contributed by atoms with Gasteiger partial charge in [0, 0.05) is 6.54 Å². The van der Waals surface area contributed by atoms with E-state index in [4.69, 9.17) is 5.73 Å². The molecule has 0 aliphatic rings. The Morgan fingerprint density at radius 1 is 1.44 bits per heavy atom. The smallest absolute Gasteiger partial charge is 0.310 e. The van der Waals surface area contributed by atoms with Crippen molar-refractivity contribution in [3.05, 3.63) is 0 Å². The summed E-state index contributed by atoms with van der Waals surface area (Å²) in [6, 6.07) is 0. The number of nitrogens with zero attached hydrogens (tertiary/aromatic N) is 1. The number of methoxy groups -OCH3 is 1. The second kappa shape index (κ2) is 7.96. The van der Waals surface area contributed by atoms with Gasteiger partial charge in [-0.25, -0.2) is 0 Å². The summed E-state index contributed by atoms with van der Waals surface area (Å²) < 4.78 is 4.59. The summed E-state index contributed by atoms with van der Waals surface area (Å²) in [5, 5.41) is 3.00. The van der Waals surface area contributed by atoms with Gasteiger partial charge in [0.05, 0.1) is 19.6 Å². The van der Waals surface area contributed by atoms with Gasteiger partial charge >= 0.3 is 5.97 Å². The molecule has 0 amide bonds. The Morgan fingerprint density at radius 2 is 2.06 bits per heavy atom. The molecule has 0 aromatic carbocycles. The average Bonchev–Trinajstić information content (AvgIpc) is 2.24. The van der Waals surface area contributed by atoms with Gasteiger partial charge in [-0.3, -0.25) is 9.79 Å². The van der Waals surface area contributed by atoms with Gasteiger partial charge in [0.15, 0.2) is 5.96 Å². The highest BCUT2D eigenvalue weighted by Gasteiger charge is 2.11. The van der Waals surface area contributed by atoms with Crippen LogP contribution >= 0.6 is 0 Å². The molecule has 3 N–H and O–H groups in total. The van der Waals surface area contributed by atoms with Crippen LogP contribution in [0, 0.1) is 11.8 Å². The van der Waals surface area contributed by atoms with E-state index in [0.29, 0.717) is 18.4 Å². The van der Waals surface area contributed by atoms with E-state index in [1.54, 1.807) is 6.92 Å². The summed E-state index contributed by atoms with van der Waals surface area (Å²) in [6.07, 6.45) is 1.04. The number of rotatable bonds is 6. The van der Waals surface area contributed by atoms with E-state index in [1.807, 2.05) is 0 Å². The highest BCUT2D eigenvalue weighted by atomic mass is 16.5. The molecule has 0 aliphatic heterocycles. The van der Waals surface area contributed by atoms with Crippen LogP contribution in [0.25, 0.3) is 0 Å². The van der Waals surface area contributed by atoms with Gasteiger partial charge in [-0.15, -0.1) is 0 Å². The minimum atomic E-state index is -0.265. The Kier molecular flexibility index (Phi) is 7.33. The number of carbonyl (C=O) groups is 1. The Bertz CT molecular complexity index is 239. The summed E-state index contributed by atoms with van der Waals surface area (Å²) in [5.74, 6) is 0.500. The van der Waals surface area contributed by atoms with Crippen LogP contribution < -0.4 is 11.1 Å². The van der Waals surface area contributed by atoms with Gasteiger partial charge in [-0.2, -0.15) is 0 Å². The first-order valence-corrected chi connectivity index (χ1v) is 5.59. The fourth-order valence-electron chi connectivity index (χ4n) is 1.06. The third-order valence-electron chi connectivity index (χ3n) is 2.17. The largest absolute Gasteiger partial charge is 0.469 e. The molecule has 5 heteroatoms. The first-order chi connectivity index (χ1) is 7.47. The van der Waals surface area contributed by atoms with Crippen LogP contribution in [0.15, 0.2) is 4.99 Å². The van der Waals surface area contributed by atoms with Gasteiger partial charge in [-0.1, -0.05) is 20.8 Å². The lowest BCUT2D eigenvalue weighted by Gasteiger charge is -2.09. The van der Waals surface area contributed by atoms with Crippen molar-refractivity contribution < 1.29 is 9.53 Å². The zero-order valence-electron chi connectivity index (χ0n) is 10.6. The zero-order valence-corrected chi connectivity index (χ0v) is 10.6. The maximum atomic E-state index is 11.1. The van der Waals surface area contributed by atoms with Crippen molar-refractivity contribution in [1.82, 2.24) is 5.32 Å². The molecule has 0 fully saturated rings. The standard InChI is InChI=1S/C11H23N3O2/c1-8(2)5-6-13-11(12)14-7-9(3)10(15)16-4/h8-9H,5-7H2,1-4H3,(H3,12,13,14). The van der Waals surface area contributed by atoms with Crippen molar-refractivity contribution in [2.75, 3.05) is 20.2 Å². The number of hydrogen-bond donors (Lipinski definition) is 2. The van der Waals surface area contributed by atoms with Crippen LogP contribution in [0.2, 0.25) is 0 Å². The predicted molar refractivity (Wildman–Crippen MR) is 65.1 cm³/mol. The van der Waals surface area contributed by atoms with Crippen LogP contribution in [0.1, 0.15) is 27.2 Å². The molecule has 0 aromatic heterocycles. The number of carbonyl (C=O) groups excluding carboxylic acids is 1. The molecule has 1 atom stereocenters. The Morgan fingerprint density at radius 3 is 2.56 bits per heavy atom. The first-order valence-electron chi connectivity index (χ1n) is 5.59. The summed E-state index contributed by atoms with van der Waals surface area (Å²) in [4.78, 5) is 15.1. The Labute approximate surface area is 97.4 Å². The minimum Gasteiger partial charge on any atom is -0.469 e. The summed E-state index contributed by atoms with van der Waals surface area (Å²) in [7, 11) is 1.37. The molecule has 0 rings (SSSR count). The molecular formula is C11H23N3O2. The maximum absolute atomic E-state index is 11.1. The lowest BCUT2D eigenvalue weighted by atomic mass is 10.1. The number of nitrogens with two attached hydrogens (primary N) is 1. The molecule has 16 heavy (non-hydrogen) atoms. The van der Waals surface area contributed by atoms with Crippen molar-refractivity contribution in [2.24, 2.45) is 22.6 Å². The van der Waals surface area contributed by atoms with Crippen molar-refractivity contribution in [3.8, 4) is 0 Å². The van der Waals surface area contributed by atoms with E-state index in [0.717, 1.165) is 13.0 Å². The molecule has 0 bridgehead atoms. The number of aliphatic imine (C=N–C) groups is 1. The normalized spacial score (nSPS) is 13.7. The van der Waals surface area contributed by atoms with Crippen LogP contribution in [-0.4, -0.2) is 32.1 Å². The number of esters is 1. The van der Waals surface area contributed by atoms with Gasteiger partial charge in [0.25, 0.3) is 0 Å². The molecule has 0 radical (unpaired) electrons. The fourth-order valence-corrected chi connectivity index (χ4v) is 1.06. The van der Waals surface area contributed by atoms with Crippen LogP contribution in [0.4, 0.5) is 0 Å². The van der Waals surface area contributed by atoms with Crippen LogP contribution in [0.3, 0.4) is 0 Å². The summed E-state index contributed by atoms with van der Waals surface area (Å²) in [5.41, 5.74) is 5.64. The van der Waals surface area contributed by atoms with Crippen molar-refractivity contribution in [3.63, 3.8) is 0 Å². The van der Waals surface area contributed by atoms with E-state index in [2.05, 4.69) is 28.9 Å². The first kappa shape index (κ1) is 14.7. The number of hydrogen-bond acceptors (Lipinski definition) is 3. The zero-order chi connectivity index (χ0) is 12.6. The minimum absolute atomic E-state index is 0.254. The van der Waals surface area contributed by atoms with E-state index in [-0.39, 0.29) is 11.9 Å². The third kappa shape index (κ3) is 7.09. The van der Waals surface area contributed by atoms with Crippen LogP contribution in [0.5, 0.6) is 0 Å². The molecule has 1 unspecified atom stereocenters. The third-order valence-corrected chi connectivity index (χ3v) is 2.17. The lowest BCUT2D eigenvalue weighted by Crippen LogP contribution is -2.33. The Hall–Kier alpha value is -1.26. The number of guanidine groups is 1. The molecule has 0 saturated carbocycles. The van der Waals surface area contributed by atoms with Crippen molar-refractivity contribution in [1.29, 1.82) is 0 Å². The number of nitrogens with one attached hydrogen (secondary N) is 1.